The highest BCUT2D eigenvalue weighted by atomic mass is 32.2. The van der Waals surface area contributed by atoms with E-state index in [0.29, 0.717) is 13.0 Å². The molecule has 1 fully saturated rings. The summed E-state index contributed by atoms with van der Waals surface area (Å²) in [6.07, 6.45) is 0.208. The minimum atomic E-state index is -4.42. The van der Waals surface area contributed by atoms with Crippen molar-refractivity contribution >= 4 is 15.9 Å². The summed E-state index contributed by atoms with van der Waals surface area (Å²) >= 11 is 0. The summed E-state index contributed by atoms with van der Waals surface area (Å²) in [4.78, 5) is 14.2. The summed E-state index contributed by atoms with van der Waals surface area (Å²) in [5, 5.41) is 2.66. The lowest BCUT2D eigenvalue weighted by atomic mass is 9.99. The van der Waals surface area contributed by atoms with Crippen LogP contribution in [-0.4, -0.2) is 57.7 Å². The molecule has 166 valence electrons. The van der Waals surface area contributed by atoms with E-state index >= 15 is 0 Å². The number of amides is 1. The predicted molar refractivity (Wildman–Crippen MR) is 108 cm³/mol. The van der Waals surface area contributed by atoms with Crippen LogP contribution in [0.15, 0.2) is 24.3 Å². The summed E-state index contributed by atoms with van der Waals surface area (Å²) in [6, 6.07) is 4.84. The van der Waals surface area contributed by atoms with E-state index in [1.165, 1.54) is 12.1 Å². The molecule has 0 bridgehead atoms. The molecule has 1 atom stereocenters. The van der Waals surface area contributed by atoms with Crippen LogP contribution in [0.5, 0.6) is 0 Å². The smallest absolute Gasteiger partial charge is 0.344 e. The van der Waals surface area contributed by atoms with Crippen molar-refractivity contribution < 1.29 is 26.4 Å². The van der Waals surface area contributed by atoms with Gasteiger partial charge in [0.1, 0.15) is 0 Å². The zero-order valence-electron chi connectivity index (χ0n) is 16.8. The number of hydrogen-bond acceptors (Lipinski definition) is 4. The van der Waals surface area contributed by atoms with Crippen LogP contribution in [0.4, 0.5) is 13.2 Å². The average molecular weight is 446 g/mol. The molecule has 0 saturated carbocycles. The van der Waals surface area contributed by atoms with E-state index in [1.807, 2.05) is 4.90 Å². The van der Waals surface area contributed by atoms with Crippen molar-refractivity contribution in [1.29, 1.82) is 0 Å². The molecule has 0 radical (unpaired) electrons. The van der Waals surface area contributed by atoms with Crippen molar-refractivity contribution in [3.8, 4) is 11.8 Å². The normalized spacial score (nSPS) is 17.8. The summed E-state index contributed by atoms with van der Waals surface area (Å²) in [5.41, 5.74) is -0.534. The molecule has 1 aliphatic rings. The zero-order chi connectivity index (χ0) is 22.2. The molecule has 1 heterocycles. The Hall–Kier alpha value is -2.09. The molecule has 1 saturated heterocycles. The largest absolute Gasteiger partial charge is 0.416 e. The van der Waals surface area contributed by atoms with Gasteiger partial charge in [-0.15, -0.1) is 0 Å². The summed E-state index contributed by atoms with van der Waals surface area (Å²) in [7, 11) is -3.24. The van der Waals surface area contributed by atoms with Crippen molar-refractivity contribution in [1.82, 2.24) is 14.9 Å². The highest BCUT2D eigenvalue weighted by molar-refractivity contribution is 7.88. The summed E-state index contributed by atoms with van der Waals surface area (Å²) in [6.45, 7) is 1.29. The first-order chi connectivity index (χ1) is 14.0. The van der Waals surface area contributed by atoms with Gasteiger partial charge in [-0.05, 0) is 44.0 Å². The van der Waals surface area contributed by atoms with E-state index in [-0.39, 0.29) is 30.6 Å². The van der Waals surface area contributed by atoms with Crippen molar-refractivity contribution in [2.24, 2.45) is 0 Å². The van der Waals surface area contributed by atoms with Crippen LogP contribution >= 0.6 is 0 Å². The molecule has 30 heavy (non-hydrogen) atoms. The van der Waals surface area contributed by atoms with Gasteiger partial charge in [0.05, 0.1) is 24.9 Å². The topological polar surface area (TPSA) is 78.5 Å². The van der Waals surface area contributed by atoms with Crippen molar-refractivity contribution in [2.75, 3.05) is 32.4 Å². The fourth-order valence-corrected chi connectivity index (χ4v) is 3.80. The van der Waals surface area contributed by atoms with E-state index in [9.17, 15) is 26.4 Å². The van der Waals surface area contributed by atoms with E-state index in [2.05, 4.69) is 21.9 Å². The summed E-state index contributed by atoms with van der Waals surface area (Å²) < 4.78 is 63.0. The van der Waals surface area contributed by atoms with Gasteiger partial charge < -0.3 is 5.32 Å². The number of piperidine rings is 1. The van der Waals surface area contributed by atoms with Crippen LogP contribution in [0.3, 0.4) is 0 Å². The fraction of sp³-hybridized carbons (Fsp3) is 0.550. The van der Waals surface area contributed by atoms with Crippen LogP contribution < -0.4 is 10.0 Å². The molecule has 0 spiro atoms. The molecule has 2 N–H and O–H groups in total. The Morgan fingerprint density at radius 1 is 1.30 bits per heavy atom. The molecule has 2 rings (SSSR count). The van der Waals surface area contributed by atoms with Crippen LogP contribution in [0.2, 0.25) is 0 Å². The van der Waals surface area contributed by atoms with E-state index in [1.54, 1.807) is 0 Å². The predicted octanol–water partition coefficient (Wildman–Crippen LogP) is 1.97. The van der Waals surface area contributed by atoms with Gasteiger partial charge in [0, 0.05) is 18.2 Å². The number of nitrogens with one attached hydrogen (secondary N) is 2. The third-order valence-corrected chi connectivity index (χ3v) is 5.46. The Bertz CT molecular complexity index is 892. The second-order valence-electron chi connectivity index (χ2n) is 7.23. The van der Waals surface area contributed by atoms with E-state index in [4.69, 9.17) is 0 Å². The highest BCUT2D eigenvalue weighted by Gasteiger charge is 2.30. The lowest BCUT2D eigenvalue weighted by Crippen LogP contribution is -2.46. The number of benzene rings is 1. The van der Waals surface area contributed by atoms with Gasteiger partial charge in [-0.25, -0.2) is 13.1 Å². The second-order valence-corrected chi connectivity index (χ2v) is 9.07. The van der Waals surface area contributed by atoms with Gasteiger partial charge in [-0.3, -0.25) is 9.69 Å². The molecular weight excluding hydrogens is 419 g/mol. The van der Waals surface area contributed by atoms with Gasteiger partial charge in [-0.1, -0.05) is 24.3 Å². The number of nitrogens with zero attached hydrogens (tertiary/aromatic N) is 1. The van der Waals surface area contributed by atoms with E-state index in [0.717, 1.165) is 44.2 Å². The monoisotopic (exact) mass is 445 g/mol. The third-order valence-electron chi connectivity index (χ3n) is 4.73. The first-order valence-electron chi connectivity index (χ1n) is 9.66. The second kappa shape index (κ2) is 10.8. The standard InChI is InChI=1S/C20H26F3N3O3S/c1-30(28,29)25-12-10-18-9-2-3-13-26(18)15-19(27)24-11-5-7-16-6-4-8-17(14-16)20(21,22)23/h4,6,8,14,18,25H,2-3,9-13,15H2,1H3,(H,24,27). The Morgan fingerprint density at radius 2 is 2.07 bits per heavy atom. The third kappa shape index (κ3) is 8.73. The van der Waals surface area contributed by atoms with Crippen molar-refractivity contribution in [2.45, 2.75) is 37.9 Å². The van der Waals surface area contributed by atoms with Gasteiger partial charge in [0.15, 0.2) is 0 Å². The zero-order valence-corrected chi connectivity index (χ0v) is 17.6. The molecule has 1 unspecified atom stereocenters. The SMILES string of the molecule is CS(=O)(=O)NCCC1CCCCN1CC(=O)NCC#Cc1cccc(C(F)(F)F)c1. The van der Waals surface area contributed by atoms with Crippen LogP contribution in [0.25, 0.3) is 0 Å². The van der Waals surface area contributed by atoms with E-state index < -0.39 is 21.8 Å². The molecule has 6 nitrogen and oxygen atoms in total. The van der Waals surface area contributed by atoms with Crippen molar-refractivity contribution in [3.63, 3.8) is 0 Å². The molecule has 1 aromatic carbocycles. The number of alkyl halides is 3. The maximum atomic E-state index is 12.7. The number of likely N-dealkylation sites (tertiary alicyclic amines) is 1. The minimum absolute atomic E-state index is 0.0310. The molecule has 1 aromatic rings. The first-order valence-corrected chi connectivity index (χ1v) is 11.6. The fourth-order valence-electron chi connectivity index (χ4n) is 3.31. The molecule has 0 aliphatic carbocycles. The molecule has 1 amide bonds. The molecular formula is C20H26F3N3O3S. The van der Waals surface area contributed by atoms with Crippen LogP contribution in [0, 0.1) is 11.8 Å². The number of rotatable bonds is 7. The Morgan fingerprint density at radius 3 is 2.77 bits per heavy atom. The number of halogens is 3. The van der Waals surface area contributed by atoms with Gasteiger partial charge in [0.25, 0.3) is 0 Å². The van der Waals surface area contributed by atoms with Gasteiger partial charge in [0.2, 0.25) is 15.9 Å². The molecule has 10 heteroatoms. The Kier molecular flexibility index (Phi) is 8.70. The summed E-state index contributed by atoms with van der Waals surface area (Å²) in [5.74, 6) is 5.06. The lowest BCUT2D eigenvalue weighted by Gasteiger charge is -2.35. The number of sulfonamides is 1. The van der Waals surface area contributed by atoms with Crippen molar-refractivity contribution in [3.05, 3.63) is 35.4 Å². The minimum Gasteiger partial charge on any atom is -0.344 e. The lowest BCUT2D eigenvalue weighted by molar-refractivity contribution is -0.137. The van der Waals surface area contributed by atoms with Gasteiger partial charge in [-0.2, -0.15) is 13.2 Å². The van der Waals surface area contributed by atoms with Crippen LogP contribution in [-0.2, 0) is 21.0 Å². The molecule has 1 aliphatic heterocycles. The van der Waals surface area contributed by atoms with Crippen LogP contribution in [0.1, 0.15) is 36.8 Å². The quantitative estimate of drug-likeness (QED) is 0.629. The maximum absolute atomic E-state index is 12.7. The average Bonchev–Trinajstić information content (AvgIpc) is 2.65. The molecule has 0 aromatic heterocycles. The first kappa shape index (κ1) is 24.2. The Balaban J connectivity index is 1.82. The number of carbonyl (C=O) groups is 1. The maximum Gasteiger partial charge on any atom is 0.416 e. The van der Waals surface area contributed by atoms with Gasteiger partial charge >= 0.3 is 6.18 Å². The number of carbonyl (C=O) groups excluding carboxylic acids is 1. The number of hydrogen-bond donors (Lipinski definition) is 2. The highest BCUT2D eigenvalue weighted by Crippen LogP contribution is 2.29. The Labute approximate surface area is 175 Å².